The highest BCUT2D eigenvalue weighted by molar-refractivity contribution is 5.13. The van der Waals surface area contributed by atoms with Gasteiger partial charge < -0.3 is 15.2 Å². The Morgan fingerprint density at radius 1 is 1.25 bits per heavy atom. The highest BCUT2D eigenvalue weighted by Gasteiger charge is 2.35. The zero-order valence-electron chi connectivity index (χ0n) is 14.1. The third kappa shape index (κ3) is 3.41. The van der Waals surface area contributed by atoms with E-state index in [1.165, 1.54) is 19.3 Å². The highest BCUT2D eigenvalue weighted by Crippen LogP contribution is 2.38. The second-order valence-electron chi connectivity index (χ2n) is 7.69. The third-order valence-electron chi connectivity index (χ3n) is 5.68. The van der Waals surface area contributed by atoms with Crippen molar-refractivity contribution in [3.05, 3.63) is 28.2 Å². The molecule has 3 fully saturated rings. The molecule has 4 rings (SSSR count). The van der Waals surface area contributed by atoms with Gasteiger partial charge in [-0.1, -0.05) is 19.3 Å². The van der Waals surface area contributed by atoms with Crippen molar-refractivity contribution >= 4 is 0 Å². The first-order valence-electron chi connectivity index (χ1n) is 9.28. The van der Waals surface area contributed by atoms with Gasteiger partial charge in [0.2, 0.25) is 0 Å². The van der Waals surface area contributed by atoms with Gasteiger partial charge in [-0.05, 0) is 31.7 Å². The van der Waals surface area contributed by atoms with Crippen LogP contribution >= 0.6 is 0 Å². The number of nitrogens with one attached hydrogen (secondary N) is 1. The fourth-order valence-corrected chi connectivity index (χ4v) is 3.96. The zero-order valence-corrected chi connectivity index (χ0v) is 14.1. The lowest BCUT2D eigenvalue weighted by atomic mass is 9.84. The molecule has 2 heterocycles. The molecular formula is C18H27N3O3. The Bertz CT molecular complexity index is 635. The molecule has 0 aromatic carbocycles. The molecule has 1 saturated heterocycles. The van der Waals surface area contributed by atoms with Crippen molar-refractivity contribution in [3.63, 3.8) is 0 Å². The summed E-state index contributed by atoms with van der Waals surface area (Å²) in [7, 11) is 0. The maximum Gasteiger partial charge on any atom is 0.267 e. The fraction of sp³-hybridized carbons (Fsp3) is 0.778. The number of aromatic nitrogens is 2. The van der Waals surface area contributed by atoms with Crippen LogP contribution < -0.4 is 10.9 Å². The summed E-state index contributed by atoms with van der Waals surface area (Å²) in [5.74, 6) is 0.522. The van der Waals surface area contributed by atoms with Gasteiger partial charge in [-0.2, -0.15) is 5.10 Å². The number of rotatable bonds is 5. The average molecular weight is 333 g/mol. The second-order valence-corrected chi connectivity index (χ2v) is 7.69. The van der Waals surface area contributed by atoms with Gasteiger partial charge in [0.1, 0.15) is 0 Å². The average Bonchev–Trinajstić information content (AvgIpc) is 3.33. The Labute approximate surface area is 142 Å². The summed E-state index contributed by atoms with van der Waals surface area (Å²) in [5.41, 5.74) is 0.337. The van der Waals surface area contributed by atoms with Crippen LogP contribution in [-0.4, -0.2) is 46.3 Å². The summed E-state index contributed by atoms with van der Waals surface area (Å²) in [6.07, 6.45) is 7.44. The molecule has 3 aliphatic rings. The van der Waals surface area contributed by atoms with Crippen molar-refractivity contribution in [3.8, 4) is 0 Å². The molecule has 0 spiro atoms. The molecule has 2 saturated carbocycles. The molecule has 2 N–H and O–H groups in total. The molecule has 2 unspecified atom stereocenters. The quantitative estimate of drug-likeness (QED) is 0.850. The van der Waals surface area contributed by atoms with Crippen LogP contribution in [0.15, 0.2) is 16.9 Å². The van der Waals surface area contributed by atoms with E-state index in [9.17, 15) is 9.90 Å². The molecule has 1 aliphatic heterocycles. The van der Waals surface area contributed by atoms with Gasteiger partial charge in [0.25, 0.3) is 5.56 Å². The minimum Gasteiger partial charge on any atom is -0.389 e. The van der Waals surface area contributed by atoms with Gasteiger partial charge in [-0.15, -0.1) is 0 Å². The van der Waals surface area contributed by atoms with Crippen molar-refractivity contribution in [2.24, 2.45) is 0 Å². The molecule has 0 amide bonds. The van der Waals surface area contributed by atoms with Gasteiger partial charge >= 0.3 is 0 Å². The summed E-state index contributed by atoms with van der Waals surface area (Å²) < 4.78 is 7.22. The Morgan fingerprint density at radius 3 is 2.79 bits per heavy atom. The van der Waals surface area contributed by atoms with E-state index in [1.54, 1.807) is 10.7 Å². The maximum absolute atomic E-state index is 12.3. The highest BCUT2D eigenvalue weighted by atomic mass is 16.5. The minimum atomic E-state index is -0.611. The van der Waals surface area contributed by atoms with Crippen LogP contribution in [0.3, 0.4) is 0 Å². The molecule has 1 aromatic heterocycles. The topological polar surface area (TPSA) is 76.4 Å². The van der Waals surface area contributed by atoms with E-state index in [0.29, 0.717) is 25.7 Å². The van der Waals surface area contributed by atoms with E-state index >= 15 is 0 Å². The Kier molecular flexibility index (Phi) is 4.45. The normalized spacial score (nSPS) is 29.7. The molecule has 24 heavy (non-hydrogen) atoms. The molecular weight excluding hydrogens is 306 g/mol. The van der Waals surface area contributed by atoms with E-state index in [4.69, 9.17) is 4.74 Å². The SMILES string of the molecule is O=c1ccc(C2CC2)nn1C1COCC1NCC1(O)CCCCC1. The van der Waals surface area contributed by atoms with Gasteiger partial charge in [0.15, 0.2) is 0 Å². The summed E-state index contributed by atoms with van der Waals surface area (Å²) in [4.78, 5) is 12.3. The van der Waals surface area contributed by atoms with Crippen molar-refractivity contribution < 1.29 is 9.84 Å². The molecule has 132 valence electrons. The van der Waals surface area contributed by atoms with Gasteiger partial charge in [0.05, 0.1) is 36.6 Å². The lowest BCUT2D eigenvalue weighted by molar-refractivity contribution is 0.00163. The van der Waals surface area contributed by atoms with Crippen LogP contribution in [0.4, 0.5) is 0 Å². The van der Waals surface area contributed by atoms with Crippen LogP contribution in [0.1, 0.15) is 62.6 Å². The first-order chi connectivity index (χ1) is 11.6. The fourth-order valence-electron chi connectivity index (χ4n) is 3.96. The maximum atomic E-state index is 12.3. The van der Waals surface area contributed by atoms with Crippen LogP contribution in [0.5, 0.6) is 0 Å². The predicted molar refractivity (Wildman–Crippen MR) is 90.2 cm³/mol. The number of ether oxygens (including phenoxy) is 1. The molecule has 6 heteroatoms. The van der Waals surface area contributed by atoms with Crippen LogP contribution in [0.2, 0.25) is 0 Å². The third-order valence-corrected chi connectivity index (χ3v) is 5.68. The van der Waals surface area contributed by atoms with Crippen LogP contribution in [0.25, 0.3) is 0 Å². The second kappa shape index (κ2) is 6.58. The van der Waals surface area contributed by atoms with E-state index < -0.39 is 5.60 Å². The van der Waals surface area contributed by atoms with Crippen molar-refractivity contribution in [1.29, 1.82) is 0 Å². The van der Waals surface area contributed by atoms with Gasteiger partial charge in [-0.3, -0.25) is 4.79 Å². The van der Waals surface area contributed by atoms with Gasteiger partial charge in [-0.25, -0.2) is 4.68 Å². The molecule has 0 bridgehead atoms. The summed E-state index contributed by atoms with van der Waals surface area (Å²) in [5, 5.41) is 18.7. The minimum absolute atomic E-state index is 0.0237. The molecule has 0 radical (unpaired) electrons. The Morgan fingerprint density at radius 2 is 2.04 bits per heavy atom. The molecule has 1 aromatic rings. The number of aliphatic hydroxyl groups is 1. The molecule has 2 aliphatic carbocycles. The van der Waals surface area contributed by atoms with E-state index in [-0.39, 0.29) is 17.6 Å². The Balaban J connectivity index is 1.46. The van der Waals surface area contributed by atoms with Crippen LogP contribution in [0, 0.1) is 0 Å². The Hall–Kier alpha value is -1.24. The zero-order chi connectivity index (χ0) is 16.6. The van der Waals surface area contributed by atoms with Crippen molar-refractivity contribution in [2.75, 3.05) is 19.8 Å². The van der Waals surface area contributed by atoms with E-state index in [1.807, 2.05) is 6.07 Å². The summed E-state index contributed by atoms with van der Waals surface area (Å²) >= 11 is 0. The first-order valence-corrected chi connectivity index (χ1v) is 9.28. The smallest absolute Gasteiger partial charge is 0.267 e. The largest absolute Gasteiger partial charge is 0.389 e. The van der Waals surface area contributed by atoms with E-state index in [0.717, 1.165) is 31.4 Å². The van der Waals surface area contributed by atoms with E-state index in [2.05, 4.69) is 10.4 Å². The monoisotopic (exact) mass is 333 g/mol. The number of hydrogen-bond acceptors (Lipinski definition) is 5. The molecule has 6 nitrogen and oxygen atoms in total. The predicted octanol–water partition coefficient (Wildman–Crippen LogP) is 1.35. The summed E-state index contributed by atoms with van der Waals surface area (Å²) in [6.45, 7) is 1.62. The lowest BCUT2D eigenvalue weighted by Gasteiger charge is -2.34. The van der Waals surface area contributed by atoms with Crippen molar-refractivity contribution in [1.82, 2.24) is 15.1 Å². The van der Waals surface area contributed by atoms with Crippen LogP contribution in [-0.2, 0) is 4.74 Å². The standard InChI is InChI=1S/C18H27N3O3/c22-17-7-6-14(13-4-5-13)20-21(17)16-11-24-10-15(16)19-12-18(23)8-2-1-3-9-18/h6-7,13,15-16,19,23H,1-5,8-12H2. The first kappa shape index (κ1) is 16.2. The number of hydrogen-bond donors (Lipinski definition) is 2. The number of nitrogens with zero attached hydrogens (tertiary/aromatic N) is 2. The molecule has 2 atom stereocenters. The summed E-state index contributed by atoms with van der Waals surface area (Å²) in [6, 6.07) is 3.42. The van der Waals surface area contributed by atoms with Crippen molar-refractivity contribution in [2.45, 2.75) is 68.5 Å². The van der Waals surface area contributed by atoms with Gasteiger partial charge in [0, 0.05) is 18.5 Å². The lowest BCUT2D eigenvalue weighted by Crippen LogP contribution is -2.49.